The summed E-state index contributed by atoms with van der Waals surface area (Å²) in [5, 5.41) is 13.0. The van der Waals surface area contributed by atoms with E-state index in [9.17, 15) is 4.79 Å². The van der Waals surface area contributed by atoms with Gasteiger partial charge in [0.25, 0.3) is 0 Å². The van der Waals surface area contributed by atoms with Crippen molar-refractivity contribution in [3.05, 3.63) is 41.4 Å². The zero-order valence-corrected chi connectivity index (χ0v) is 9.72. The highest BCUT2D eigenvalue weighted by Crippen LogP contribution is 2.22. The molecule has 0 saturated carbocycles. The van der Waals surface area contributed by atoms with Crippen molar-refractivity contribution in [1.29, 1.82) is 0 Å². The molecule has 7 heteroatoms. The van der Waals surface area contributed by atoms with Crippen LogP contribution in [0.5, 0.6) is 0 Å². The summed E-state index contributed by atoms with van der Waals surface area (Å²) >= 11 is 6.05. The molecule has 6 nitrogen and oxygen atoms in total. The maximum atomic E-state index is 10.8. The van der Waals surface area contributed by atoms with Crippen LogP contribution >= 0.6 is 11.6 Å². The lowest BCUT2D eigenvalue weighted by atomic mass is 10.2. The molecule has 0 aromatic carbocycles. The molecule has 2 N–H and O–H groups in total. The number of hydrogen-bond acceptors (Lipinski definition) is 3. The zero-order valence-electron chi connectivity index (χ0n) is 8.96. The molecule has 3 aromatic heterocycles. The number of hydrogen-bond donors (Lipinski definition) is 2. The van der Waals surface area contributed by atoms with Gasteiger partial charge in [-0.2, -0.15) is 5.10 Å². The number of rotatable bonds is 2. The Bertz CT molecular complexity index is 733. The highest BCUT2D eigenvalue weighted by molar-refractivity contribution is 6.30. The summed E-state index contributed by atoms with van der Waals surface area (Å²) in [5.41, 5.74) is 1.84. The fraction of sp³-hybridized carbons (Fsp3) is 0. The van der Waals surface area contributed by atoms with E-state index >= 15 is 0 Å². The largest absolute Gasteiger partial charge is 0.476 e. The van der Waals surface area contributed by atoms with E-state index in [1.54, 1.807) is 18.5 Å². The molecule has 0 aliphatic carbocycles. The van der Waals surface area contributed by atoms with Gasteiger partial charge in [0.1, 0.15) is 5.15 Å². The first-order chi connectivity index (χ1) is 8.65. The quantitative estimate of drug-likeness (QED) is 0.693. The van der Waals surface area contributed by atoms with Crippen LogP contribution in [0, 0.1) is 0 Å². The van der Waals surface area contributed by atoms with E-state index in [-0.39, 0.29) is 5.69 Å². The van der Waals surface area contributed by atoms with Crippen LogP contribution in [0.25, 0.3) is 16.9 Å². The third-order valence-corrected chi connectivity index (χ3v) is 2.77. The van der Waals surface area contributed by atoms with Gasteiger partial charge in [0.05, 0.1) is 5.69 Å². The van der Waals surface area contributed by atoms with E-state index in [1.807, 2.05) is 6.07 Å². The highest BCUT2D eigenvalue weighted by Gasteiger charge is 2.13. The molecule has 0 fully saturated rings. The number of aromatic carboxylic acids is 1. The number of nitrogens with one attached hydrogen (secondary N) is 1. The van der Waals surface area contributed by atoms with Crippen LogP contribution in [0.2, 0.25) is 5.15 Å². The predicted octanol–water partition coefficient (Wildman–Crippen LogP) is 2.08. The van der Waals surface area contributed by atoms with E-state index in [4.69, 9.17) is 16.7 Å². The van der Waals surface area contributed by atoms with Gasteiger partial charge in [-0.1, -0.05) is 11.6 Å². The number of H-pyrrole nitrogens is 1. The van der Waals surface area contributed by atoms with Gasteiger partial charge >= 0.3 is 5.97 Å². The summed E-state index contributed by atoms with van der Waals surface area (Å²) in [6.45, 7) is 0. The second kappa shape index (κ2) is 3.85. The first-order valence-corrected chi connectivity index (χ1v) is 5.46. The molecule has 0 radical (unpaired) electrons. The molecule has 3 aromatic rings. The molecule has 0 atom stereocenters. The molecule has 3 heterocycles. The molecule has 18 heavy (non-hydrogen) atoms. The van der Waals surface area contributed by atoms with Crippen LogP contribution in [0.4, 0.5) is 0 Å². The molecule has 0 aliphatic heterocycles. The van der Waals surface area contributed by atoms with Gasteiger partial charge in [-0.25, -0.2) is 14.3 Å². The number of carbonyl (C=O) groups is 1. The maximum Gasteiger partial charge on any atom is 0.356 e. The normalized spacial score (nSPS) is 10.9. The standard InChI is InChI=1S/C11H7ClN4O2/c12-9-3-7(6-1-2-13-5-6)14-10-4-8(11(17)18)15-16(9)10/h1-5,13H,(H,17,18). The lowest BCUT2D eigenvalue weighted by Crippen LogP contribution is -1.98. The Morgan fingerprint density at radius 2 is 2.28 bits per heavy atom. The van der Waals surface area contributed by atoms with Crippen molar-refractivity contribution in [3.8, 4) is 11.3 Å². The van der Waals surface area contributed by atoms with Gasteiger partial charge in [-0.3, -0.25) is 0 Å². The van der Waals surface area contributed by atoms with Crippen LogP contribution in [0.15, 0.2) is 30.6 Å². The smallest absolute Gasteiger partial charge is 0.356 e. The van der Waals surface area contributed by atoms with Crippen molar-refractivity contribution in [2.75, 3.05) is 0 Å². The molecule has 0 aliphatic rings. The summed E-state index contributed by atoms with van der Waals surface area (Å²) in [6, 6.07) is 4.87. The summed E-state index contributed by atoms with van der Waals surface area (Å²) in [7, 11) is 0. The summed E-state index contributed by atoms with van der Waals surface area (Å²) < 4.78 is 1.29. The Balaban J connectivity index is 2.24. The van der Waals surface area contributed by atoms with Crippen LogP contribution in [-0.2, 0) is 0 Å². The Morgan fingerprint density at radius 3 is 2.94 bits per heavy atom. The molecule has 0 unspecified atom stereocenters. The molecule has 0 spiro atoms. The van der Waals surface area contributed by atoms with Gasteiger partial charge in [0.15, 0.2) is 11.3 Å². The van der Waals surface area contributed by atoms with E-state index in [1.165, 1.54) is 10.6 Å². The summed E-state index contributed by atoms with van der Waals surface area (Å²) in [5.74, 6) is -1.11. The van der Waals surface area contributed by atoms with Gasteiger partial charge in [-0.05, 0) is 6.07 Å². The van der Waals surface area contributed by atoms with E-state index in [0.717, 1.165) is 5.56 Å². The van der Waals surface area contributed by atoms with Crippen LogP contribution < -0.4 is 0 Å². The predicted molar refractivity (Wildman–Crippen MR) is 64.7 cm³/mol. The minimum atomic E-state index is -1.11. The monoisotopic (exact) mass is 262 g/mol. The van der Waals surface area contributed by atoms with E-state index in [0.29, 0.717) is 16.5 Å². The van der Waals surface area contributed by atoms with E-state index in [2.05, 4.69) is 15.1 Å². The van der Waals surface area contributed by atoms with Crippen LogP contribution in [0.3, 0.4) is 0 Å². The van der Waals surface area contributed by atoms with Crippen LogP contribution in [0.1, 0.15) is 10.5 Å². The molecule has 0 bridgehead atoms. The highest BCUT2D eigenvalue weighted by atomic mass is 35.5. The molecule has 0 saturated heterocycles. The Kier molecular flexibility index (Phi) is 2.31. The maximum absolute atomic E-state index is 10.8. The average molecular weight is 263 g/mol. The van der Waals surface area contributed by atoms with Gasteiger partial charge in [-0.15, -0.1) is 0 Å². The van der Waals surface area contributed by atoms with Crippen molar-refractivity contribution >= 4 is 23.2 Å². The number of aromatic nitrogens is 4. The van der Waals surface area contributed by atoms with Crippen molar-refractivity contribution in [1.82, 2.24) is 19.6 Å². The Hall–Kier alpha value is -2.34. The third-order valence-electron chi connectivity index (χ3n) is 2.50. The number of carboxylic acid groups (broad SMARTS) is 1. The van der Waals surface area contributed by atoms with Gasteiger partial charge in [0, 0.05) is 30.1 Å². The Morgan fingerprint density at radius 1 is 1.44 bits per heavy atom. The number of fused-ring (bicyclic) bond motifs is 1. The van der Waals surface area contributed by atoms with Crippen molar-refractivity contribution < 1.29 is 9.90 Å². The number of aromatic amines is 1. The number of nitrogens with zero attached hydrogens (tertiary/aromatic N) is 3. The first-order valence-electron chi connectivity index (χ1n) is 5.08. The van der Waals surface area contributed by atoms with Crippen molar-refractivity contribution in [2.24, 2.45) is 0 Å². The van der Waals surface area contributed by atoms with Gasteiger partial charge in [0.2, 0.25) is 0 Å². The fourth-order valence-corrected chi connectivity index (χ4v) is 1.90. The lowest BCUT2D eigenvalue weighted by molar-refractivity contribution is 0.0690. The minimum Gasteiger partial charge on any atom is -0.476 e. The average Bonchev–Trinajstić information content (AvgIpc) is 2.97. The number of carboxylic acids is 1. The molecular weight excluding hydrogens is 256 g/mol. The second-order valence-electron chi connectivity index (χ2n) is 3.67. The van der Waals surface area contributed by atoms with Crippen molar-refractivity contribution in [2.45, 2.75) is 0 Å². The summed E-state index contributed by atoms with van der Waals surface area (Å²) in [4.78, 5) is 18.1. The molecule has 0 amide bonds. The fourth-order valence-electron chi connectivity index (χ4n) is 1.67. The molecular formula is C11H7ClN4O2. The SMILES string of the molecule is O=C(O)c1cc2nc(-c3cc[nH]c3)cc(Cl)n2n1. The second-order valence-corrected chi connectivity index (χ2v) is 4.06. The molecule has 90 valence electrons. The lowest BCUT2D eigenvalue weighted by Gasteiger charge is -2.00. The third kappa shape index (κ3) is 1.63. The minimum absolute atomic E-state index is 0.0874. The van der Waals surface area contributed by atoms with Gasteiger partial charge < -0.3 is 10.1 Å². The Labute approximate surface area is 106 Å². The molecule has 3 rings (SSSR count). The van der Waals surface area contributed by atoms with Crippen LogP contribution in [-0.4, -0.2) is 30.7 Å². The van der Waals surface area contributed by atoms with Crippen molar-refractivity contribution in [3.63, 3.8) is 0 Å². The topological polar surface area (TPSA) is 83.3 Å². The van der Waals surface area contributed by atoms with E-state index < -0.39 is 5.97 Å². The first kappa shape index (κ1) is 10.8. The zero-order chi connectivity index (χ0) is 12.7. The number of halogens is 1. The summed E-state index contributed by atoms with van der Waals surface area (Å²) in [6.07, 6.45) is 3.55.